The number of hydrogen-bond acceptors (Lipinski definition) is 9. The average Bonchev–Trinajstić information content (AvgIpc) is 3.01. The molecule has 0 aliphatic carbocycles. The molecule has 1 saturated heterocycles. The minimum Gasteiger partial charge on any atom is -0.386 e. The summed E-state index contributed by atoms with van der Waals surface area (Å²) in [5.41, 5.74) is 6.61. The summed E-state index contributed by atoms with van der Waals surface area (Å²) >= 11 is 0. The molecule has 3 heterocycles. The van der Waals surface area contributed by atoms with Crippen molar-refractivity contribution in [2.24, 2.45) is 0 Å². The van der Waals surface area contributed by atoms with Crippen LogP contribution >= 0.6 is 7.47 Å². The molecule has 1 radical (unpaired) electrons. The maximum atomic E-state index is 12.3. The Hall–Kier alpha value is -1.52. The van der Waals surface area contributed by atoms with Gasteiger partial charge in [-0.15, -0.1) is 0 Å². The average molecular weight is 354 g/mol. The van der Waals surface area contributed by atoms with Gasteiger partial charge >= 0.3 is 0 Å². The molecule has 3 N–H and O–H groups in total. The van der Waals surface area contributed by atoms with Gasteiger partial charge in [-0.05, 0) is 6.92 Å². The lowest BCUT2D eigenvalue weighted by Crippen LogP contribution is -2.32. The van der Waals surface area contributed by atoms with Crippen LogP contribution in [-0.2, 0) is 18.3 Å². The molecule has 0 spiro atoms. The van der Waals surface area contributed by atoms with Gasteiger partial charge in [0.1, 0.15) is 17.9 Å². The van der Waals surface area contributed by atoms with Crippen LogP contribution in [0.15, 0.2) is 12.7 Å². The van der Waals surface area contributed by atoms with Gasteiger partial charge in [0.25, 0.3) is 14.5 Å². The van der Waals surface area contributed by atoms with Crippen molar-refractivity contribution in [2.45, 2.75) is 32.2 Å². The Morgan fingerprint density at radius 3 is 2.88 bits per heavy atom. The normalized spacial score (nSPS) is 32.0. The SMILES string of the molecule is C[B]P1(=O)OC[C@H](C)O[C@@H](n2cnc3c(N)ncnc32)[C@@H](O)CO1. The highest BCUT2D eigenvalue weighted by atomic mass is 31.2. The fourth-order valence-electron chi connectivity index (χ4n) is 2.33. The van der Waals surface area contributed by atoms with Crippen LogP contribution in [0.5, 0.6) is 0 Å². The van der Waals surface area contributed by atoms with E-state index in [1.807, 2.05) is 0 Å². The number of aromatic nitrogens is 4. The smallest absolute Gasteiger partial charge is 0.272 e. The van der Waals surface area contributed by atoms with Crippen LogP contribution in [-0.4, -0.2) is 57.0 Å². The molecule has 2 aromatic rings. The van der Waals surface area contributed by atoms with Crippen LogP contribution in [0.2, 0.25) is 6.82 Å². The summed E-state index contributed by atoms with van der Waals surface area (Å²) in [6, 6.07) is 0. The van der Waals surface area contributed by atoms with E-state index in [1.165, 1.54) is 19.7 Å². The van der Waals surface area contributed by atoms with Gasteiger partial charge in [-0.2, -0.15) is 0 Å². The van der Waals surface area contributed by atoms with Gasteiger partial charge in [0.05, 0.1) is 25.6 Å². The van der Waals surface area contributed by atoms with Crippen molar-refractivity contribution < 1.29 is 23.5 Å². The van der Waals surface area contributed by atoms with Crippen molar-refractivity contribution in [2.75, 3.05) is 18.9 Å². The van der Waals surface area contributed by atoms with E-state index in [1.54, 1.807) is 18.3 Å². The standard InChI is InChI=1S/C12H18BN5O5P/c1-7-3-21-24(20,13-2)22-4-8(19)12(23-7)18-6-17-9-10(14)15-5-16-11(9)18/h5-8,12,19H,3-4H2,1-2H3,(H2,14,15,16)/t7-,8-,12+,24?/m0/s1. The Kier molecular flexibility index (Phi) is 4.89. The first-order valence-corrected chi connectivity index (χ1v) is 9.00. The molecule has 12 heteroatoms. The fraction of sp³-hybridized carbons (Fsp3) is 0.583. The second-order valence-corrected chi connectivity index (χ2v) is 7.49. The summed E-state index contributed by atoms with van der Waals surface area (Å²) in [6.07, 6.45) is 0.347. The quantitative estimate of drug-likeness (QED) is 0.586. The zero-order valence-corrected chi connectivity index (χ0v) is 14.2. The molecule has 0 aromatic carbocycles. The van der Waals surface area contributed by atoms with Crippen LogP contribution in [0, 0.1) is 0 Å². The maximum absolute atomic E-state index is 12.3. The molecule has 0 saturated carbocycles. The van der Waals surface area contributed by atoms with Crippen molar-refractivity contribution in [3.05, 3.63) is 12.7 Å². The number of hydrogen-bond donors (Lipinski definition) is 2. The number of aliphatic hydroxyl groups is 1. The van der Waals surface area contributed by atoms with Crippen molar-refractivity contribution in [1.29, 1.82) is 0 Å². The van der Waals surface area contributed by atoms with E-state index in [-0.39, 0.29) is 19.0 Å². The number of anilines is 1. The van der Waals surface area contributed by atoms with Gasteiger partial charge in [0.2, 0.25) is 0 Å². The third kappa shape index (κ3) is 3.31. The Morgan fingerprint density at radius 2 is 2.12 bits per heavy atom. The summed E-state index contributed by atoms with van der Waals surface area (Å²) < 4.78 is 30.3. The molecule has 1 aliphatic rings. The second-order valence-electron chi connectivity index (χ2n) is 5.38. The lowest BCUT2D eigenvalue weighted by atomic mass is 10.2. The molecule has 10 nitrogen and oxygen atoms in total. The first-order chi connectivity index (χ1) is 11.4. The van der Waals surface area contributed by atoms with E-state index in [4.69, 9.17) is 19.5 Å². The maximum Gasteiger partial charge on any atom is 0.272 e. The number of ether oxygens (including phenoxy) is 1. The number of fused-ring (bicyclic) bond motifs is 1. The minimum absolute atomic E-state index is 0.0502. The minimum atomic E-state index is -3.36. The van der Waals surface area contributed by atoms with Crippen molar-refractivity contribution >= 4 is 31.5 Å². The molecule has 4 atom stereocenters. The molecule has 2 aromatic heterocycles. The molecule has 1 unspecified atom stereocenters. The van der Waals surface area contributed by atoms with Gasteiger partial charge in [-0.3, -0.25) is 9.13 Å². The van der Waals surface area contributed by atoms with Crippen molar-refractivity contribution in [3.8, 4) is 0 Å². The molecule has 3 rings (SSSR count). The van der Waals surface area contributed by atoms with E-state index < -0.39 is 25.9 Å². The van der Waals surface area contributed by atoms with Crippen molar-refractivity contribution in [3.63, 3.8) is 0 Å². The van der Waals surface area contributed by atoms with Gasteiger partial charge in [-0.25, -0.2) is 15.0 Å². The van der Waals surface area contributed by atoms with Crippen LogP contribution in [0.1, 0.15) is 13.2 Å². The van der Waals surface area contributed by atoms with Gasteiger partial charge in [-0.1, -0.05) is 6.82 Å². The molecular weight excluding hydrogens is 336 g/mol. The number of nitrogens with zero attached hydrogens (tertiary/aromatic N) is 4. The van der Waals surface area contributed by atoms with E-state index >= 15 is 0 Å². The van der Waals surface area contributed by atoms with Gasteiger partial charge < -0.3 is 24.6 Å². The van der Waals surface area contributed by atoms with E-state index in [0.717, 1.165) is 0 Å². The Morgan fingerprint density at radius 1 is 1.38 bits per heavy atom. The van der Waals surface area contributed by atoms with Gasteiger partial charge in [0, 0.05) is 0 Å². The summed E-state index contributed by atoms with van der Waals surface area (Å²) in [4.78, 5) is 12.2. The second kappa shape index (κ2) is 6.77. The van der Waals surface area contributed by atoms with Crippen LogP contribution < -0.4 is 5.73 Å². The predicted octanol–water partition coefficient (Wildman–Crippen LogP) is 0.580. The van der Waals surface area contributed by atoms with E-state index in [9.17, 15) is 9.67 Å². The fourth-order valence-corrected chi connectivity index (χ4v) is 3.48. The molecule has 129 valence electrons. The van der Waals surface area contributed by atoms with Crippen molar-refractivity contribution in [1.82, 2.24) is 19.5 Å². The molecule has 1 aliphatic heterocycles. The number of nitrogens with two attached hydrogens (primary N) is 1. The highest BCUT2D eigenvalue weighted by molar-refractivity contribution is 7.83. The van der Waals surface area contributed by atoms with Crippen LogP contribution in [0.25, 0.3) is 11.2 Å². The summed E-state index contributed by atoms with van der Waals surface area (Å²) in [7, 11) is -3.36. The first-order valence-electron chi connectivity index (χ1n) is 7.39. The zero-order chi connectivity index (χ0) is 17.3. The van der Waals surface area contributed by atoms with Crippen LogP contribution in [0.3, 0.4) is 0 Å². The Balaban J connectivity index is 1.95. The lowest BCUT2D eigenvalue weighted by molar-refractivity contribution is -0.120. The molecular formula is C12H18BN5O5P. The Bertz CT molecular complexity index is 773. The van der Waals surface area contributed by atoms with Crippen LogP contribution in [0.4, 0.5) is 5.82 Å². The summed E-state index contributed by atoms with van der Waals surface area (Å²) in [5, 5.41) is 10.5. The third-order valence-corrected chi connectivity index (χ3v) is 5.24. The third-order valence-electron chi connectivity index (χ3n) is 3.59. The first kappa shape index (κ1) is 17.3. The summed E-state index contributed by atoms with van der Waals surface area (Å²) in [6.45, 7) is 4.49. The highest BCUT2D eigenvalue weighted by Gasteiger charge is 2.33. The molecule has 1 fully saturated rings. The van der Waals surface area contributed by atoms with E-state index in [2.05, 4.69) is 15.0 Å². The number of aliphatic hydroxyl groups excluding tert-OH is 1. The molecule has 24 heavy (non-hydrogen) atoms. The molecule has 0 bridgehead atoms. The topological polar surface area (TPSA) is 135 Å². The monoisotopic (exact) mass is 354 g/mol. The van der Waals surface area contributed by atoms with Gasteiger partial charge in [0.15, 0.2) is 17.7 Å². The number of rotatable bonds is 2. The highest BCUT2D eigenvalue weighted by Crippen LogP contribution is 2.47. The van der Waals surface area contributed by atoms with E-state index in [0.29, 0.717) is 11.2 Å². The zero-order valence-electron chi connectivity index (χ0n) is 13.3. The number of nitrogen functional groups attached to an aromatic ring is 1. The lowest BCUT2D eigenvalue weighted by Gasteiger charge is -2.25. The Labute approximate surface area is 139 Å². The largest absolute Gasteiger partial charge is 0.386 e. The molecule has 0 amide bonds. The predicted molar refractivity (Wildman–Crippen MR) is 86.5 cm³/mol. The summed E-state index contributed by atoms with van der Waals surface area (Å²) in [5.74, 6) is 0.231. The number of imidazole rings is 1.